The third-order valence-corrected chi connectivity index (χ3v) is 2.84. The maximum atomic E-state index is 11.7. The van der Waals surface area contributed by atoms with Crippen LogP contribution >= 0.6 is 0 Å². The Bertz CT molecular complexity index is 477. The Labute approximate surface area is 101 Å². The van der Waals surface area contributed by atoms with Crippen LogP contribution in [0.4, 0.5) is 4.79 Å². The number of benzene rings is 1. The summed E-state index contributed by atoms with van der Waals surface area (Å²) in [5.41, 5.74) is 2.27. The van der Waals surface area contributed by atoms with Gasteiger partial charge in [0.15, 0.2) is 0 Å². The summed E-state index contributed by atoms with van der Waals surface area (Å²) in [7, 11) is 1.39. The highest BCUT2D eigenvalue weighted by Crippen LogP contribution is 2.28. The summed E-state index contributed by atoms with van der Waals surface area (Å²) < 4.78 is 4.78. The number of allylic oxidation sites excluding steroid dienone is 2. The molecule has 0 saturated heterocycles. The number of carbonyl (C=O) groups excluding carboxylic acids is 1. The molecule has 0 radical (unpaired) electrons. The van der Waals surface area contributed by atoms with Crippen LogP contribution in [0, 0.1) is 6.92 Å². The van der Waals surface area contributed by atoms with Gasteiger partial charge in [-0.1, -0.05) is 36.4 Å². The van der Waals surface area contributed by atoms with Crippen molar-refractivity contribution in [2.24, 2.45) is 0 Å². The lowest BCUT2D eigenvalue weighted by atomic mass is 9.99. The Morgan fingerprint density at radius 2 is 2.06 bits per heavy atom. The quantitative estimate of drug-likeness (QED) is 0.740. The molecular weight excluding hydrogens is 214 g/mol. The summed E-state index contributed by atoms with van der Waals surface area (Å²) >= 11 is 0. The fraction of sp³-hybridized carbons (Fsp3) is 0.214. The summed E-state index contributed by atoms with van der Waals surface area (Å²) in [5, 5.41) is 0. The van der Waals surface area contributed by atoms with Crippen LogP contribution in [0.2, 0.25) is 0 Å². The van der Waals surface area contributed by atoms with E-state index >= 15 is 0 Å². The Morgan fingerprint density at radius 3 is 2.76 bits per heavy atom. The van der Waals surface area contributed by atoms with Crippen molar-refractivity contribution in [3.8, 4) is 0 Å². The van der Waals surface area contributed by atoms with Gasteiger partial charge in [-0.25, -0.2) is 4.79 Å². The van der Waals surface area contributed by atoms with E-state index < -0.39 is 0 Å². The van der Waals surface area contributed by atoms with Gasteiger partial charge in [0.05, 0.1) is 13.2 Å². The number of nitrogens with zero attached hydrogens (tertiary/aromatic N) is 1. The highest BCUT2D eigenvalue weighted by atomic mass is 16.5. The third-order valence-electron chi connectivity index (χ3n) is 2.84. The summed E-state index contributed by atoms with van der Waals surface area (Å²) in [5.74, 6) is 0. The van der Waals surface area contributed by atoms with Crippen LogP contribution in [-0.2, 0) is 4.74 Å². The second-order valence-electron chi connectivity index (χ2n) is 3.91. The molecule has 0 saturated carbocycles. The largest absolute Gasteiger partial charge is 0.452 e. The molecule has 0 fully saturated rings. The minimum absolute atomic E-state index is 0.0892. The Kier molecular flexibility index (Phi) is 3.28. The fourth-order valence-electron chi connectivity index (χ4n) is 1.95. The van der Waals surface area contributed by atoms with Crippen molar-refractivity contribution in [2.75, 3.05) is 7.11 Å². The van der Waals surface area contributed by atoms with Gasteiger partial charge in [0.25, 0.3) is 0 Å². The summed E-state index contributed by atoms with van der Waals surface area (Å²) in [6, 6.07) is 7.94. The topological polar surface area (TPSA) is 29.5 Å². The number of ether oxygens (including phenoxy) is 1. The van der Waals surface area contributed by atoms with Crippen LogP contribution < -0.4 is 0 Å². The monoisotopic (exact) mass is 229 g/mol. The highest BCUT2D eigenvalue weighted by molar-refractivity contribution is 5.70. The molecule has 0 aliphatic carbocycles. The Morgan fingerprint density at radius 1 is 1.29 bits per heavy atom. The van der Waals surface area contributed by atoms with E-state index in [-0.39, 0.29) is 12.1 Å². The first kappa shape index (κ1) is 11.5. The van der Waals surface area contributed by atoms with E-state index in [4.69, 9.17) is 4.74 Å². The van der Waals surface area contributed by atoms with E-state index in [0.29, 0.717) is 0 Å². The van der Waals surface area contributed by atoms with E-state index in [0.717, 1.165) is 11.1 Å². The molecule has 1 amide bonds. The minimum atomic E-state index is -0.348. The van der Waals surface area contributed by atoms with E-state index in [9.17, 15) is 4.79 Å². The summed E-state index contributed by atoms with van der Waals surface area (Å²) in [6.45, 7) is 2.04. The molecule has 3 heteroatoms. The number of aryl methyl sites for hydroxylation is 1. The zero-order valence-corrected chi connectivity index (χ0v) is 9.96. The molecule has 1 aromatic rings. The summed E-state index contributed by atoms with van der Waals surface area (Å²) in [6.07, 6.45) is 7.14. The van der Waals surface area contributed by atoms with Gasteiger partial charge in [-0.2, -0.15) is 0 Å². The lowest BCUT2D eigenvalue weighted by molar-refractivity contribution is 0.132. The van der Waals surface area contributed by atoms with Gasteiger partial charge >= 0.3 is 6.09 Å². The van der Waals surface area contributed by atoms with Gasteiger partial charge < -0.3 is 4.74 Å². The number of rotatable bonds is 1. The molecule has 1 unspecified atom stereocenters. The van der Waals surface area contributed by atoms with Gasteiger partial charge in [-0.05, 0) is 24.1 Å². The predicted molar refractivity (Wildman–Crippen MR) is 66.4 cm³/mol. The highest BCUT2D eigenvalue weighted by Gasteiger charge is 2.24. The van der Waals surface area contributed by atoms with E-state index in [1.54, 1.807) is 11.1 Å². The maximum Gasteiger partial charge on any atom is 0.414 e. The van der Waals surface area contributed by atoms with Crippen molar-refractivity contribution < 1.29 is 9.53 Å². The van der Waals surface area contributed by atoms with Gasteiger partial charge in [0.2, 0.25) is 0 Å². The van der Waals surface area contributed by atoms with Crippen molar-refractivity contribution in [3.05, 3.63) is 59.8 Å². The van der Waals surface area contributed by atoms with Crippen molar-refractivity contribution in [1.82, 2.24) is 4.90 Å². The molecule has 0 N–H and O–H groups in total. The van der Waals surface area contributed by atoms with Crippen LogP contribution in [-0.4, -0.2) is 18.1 Å². The molecule has 1 heterocycles. The van der Waals surface area contributed by atoms with E-state index in [1.807, 2.05) is 49.4 Å². The lowest BCUT2D eigenvalue weighted by Gasteiger charge is -2.28. The molecule has 88 valence electrons. The number of carbonyl (C=O) groups is 1. The lowest BCUT2D eigenvalue weighted by Crippen LogP contribution is -2.30. The van der Waals surface area contributed by atoms with Crippen LogP contribution in [0.3, 0.4) is 0 Å². The van der Waals surface area contributed by atoms with Crippen molar-refractivity contribution in [2.45, 2.75) is 13.0 Å². The Hall–Kier alpha value is -2.03. The molecule has 1 aliphatic heterocycles. The number of hydrogen-bond donors (Lipinski definition) is 0. The zero-order valence-electron chi connectivity index (χ0n) is 9.96. The SMILES string of the molecule is COC(=O)N1C=CC=CC1c1ccccc1C. The van der Waals surface area contributed by atoms with Gasteiger partial charge in [-0.15, -0.1) is 0 Å². The van der Waals surface area contributed by atoms with E-state index in [2.05, 4.69) is 0 Å². The van der Waals surface area contributed by atoms with Crippen LogP contribution in [0.15, 0.2) is 48.7 Å². The molecule has 1 atom stereocenters. The molecule has 0 aromatic heterocycles. The van der Waals surface area contributed by atoms with Crippen LogP contribution in [0.5, 0.6) is 0 Å². The number of amides is 1. The average molecular weight is 229 g/mol. The Balaban J connectivity index is 2.36. The predicted octanol–water partition coefficient (Wildman–Crippen LogP) is 3.19. The van der Waals surface area contributed by atoms with E-state index in [1.165, 1.54) is 7.11 Å². The molecule has 2 rings (SSSR count). The molecule has 0 bridgehead atoms. The first-order valence-electron chi connectivity index (χ1n) is 5.51. The molecule has 1 aromatic carbocycles. The first-order chi connectivity index (χ1) is 8.24. The minimum Gasteiger partial charge on any atom is -0.452 e. The standard InChI is InChI=1S/C14H15NO2/c1-11-7-3-4-8-12(11)13-9-5-6-10-15(13)14(16)17-2/h3-10,13H,1-2H3. The molecule has 0 spiro atoms. The number of hydrogen-bond acceptors (Lipinski definition) is 2. The van der Waals surface area contributed by atoms with Gasteiger partial charge in [0.1, 0.15) is 0 Å². The third kappa shape index (κ3) is 2.23. The van der Waals surface area contributed by atoms with Crippen molar-refractivity contribution >= 4 is 6.09 Å². The molecular formula is C14H15NO2. The normalized spacial score (nSPS) is 18.2. The van der Waals surface area contributed by atoms with Crippen LogP contribution in [0.25, 0.3) is 0 Å². The van der Waals surface area contributed by atoms with Crippen molar-refractivity contribution in [3.63, 3.8) is 0 Å². The van der Waals surface area contributed by atoms with Gasteiger partial charge in [0, 0.05) is 6.20 Å². The maximum absolute atomic E-state index is 11.7. The van der Waals surface area contributed by atoms with Crippen LogP contribution in [0.1, 0.15) is 17.2 Å². The molecule has 1 aliphatic rings. The van der Waals surface area contributed by atoms with Crippen molar-refractivity contribution in [1.29, 1.82) is 0 Å². The molecule has 3 nitrogen and oxygen atoms in total. The summed E-state index contributed by atoms with van der Waals surface area (Å²) in [4.78, 5) is 13.3. The second-order valence-corrected chi connectivity index (χ2v) is 3.91. The first-order valence-corrected chi connectivity index (χ1v) is 5.51. The molecule has 17 heavy (non-hydrogen) atoms. The smallest absolute Gasteiger partial charge is 0.414 e. The zero-order chi connectivity index (χ0) is 12.3. The van der Waals surface area contributed by atoms with Gasteiger partial charge in [-0.3, -0.25) is 4.90 Å². The fourth-order valence-corrected chi connectivity index (χ4v) is 1.95. The second kappa shape index (κ2) is 4.87. The number of methoxy groups -OCH3 is 1. The average Bonchev–Trinajstić information content (AvgIpc) is 2.38.